The SMILES string of the molecule is CCCn1cnc2cc(CNC(=O)C3CC(=O)N(c4cccc(Cl)c4)C3)ccc21. The summed E-state index contributed by atoms with van der Waals surface area (Å²) in [6.07, 6.45) is 3.11. The van der Waals surface area contributed by atoms with Crippen LogP contribution in [0.4, 0.5) is 5.69 Å². The molecule has 1 atom stereocenters. The molecule has 0 saturated carbocycles. The third-order valence-electron chi connectivity index (χ3n) is 5.23. The Balaban J connectivity index is 1.38. The minimum absolute atomic E-state index is 0.0599. The van der Waals surface area contributed by atoms with E-state index in [1.165, 1.54) is 0 Å². The minimum atomic E-state index is -0.367. The average Bonchev–Trinajstić information content (AvgIpc) is 3.30. The second-order valence-electron chi connectivity index (χ2n) is 7.36. The normalized spacial score (nSPS) is 16.6. The van der Waals surface area contributed by atoms with Gasteiger partial charge in [-0.15, -0.1) is 0 Å². The van der Waals surface area contributed by atoms with Gasteiger partial charge in [0.25, 0.3) is 0 Å². The van der Waals surface area contributed by atoms with Crippen molar-refractivity contribution in [1.82, 2.24) is 14.9 Å². The molecule has 6 nitrogen and oxygen atoms in total. The van der Waals surface area contributed by atoms with Gasteiger partial charge in [-0.2, -0.15) is 0 Å². The number of carbonyl (C=O) groups excluding carboxylic acids is 2. The van der Waals surface area contributed by atoms with E-state index in [2.05, 4.69) is 21.8 Å². The van der Waals surface area contributed by atoms with Crippen molar-refractivity contribution in [2.24, 2.45) is 5.92 Å². The van der Waals surface area contributed by atoms with Gasteiger partial charge in [-0.3, -0.25) is 9.59 Å². The quantitative estimate of drug-likeness (QED) is 0.672. The molecule has 150 valence electrons. The van der Waals surface area contributed by atoms with Crippen LogP contribution in [0.3, 0.4) is 0 Å². The highest BCUT2D eigenvalue weighted by Crippen LogP contribution is 2.27. The van der Waals surface area contributed by atoms with E-state index in [1.54, 1.807) is 23.1 Å². The maximum atomic E-state index is 12.6. The fourth-order valence-corrected chi connectivity index (χ4v) is 3.93. The molecule has 2 aromatic carbocycles. The smallest absolute Gasteiger partial charge is 0.227 e. The third-order valence-corrected chi connectivity index (χ3v) is 5.47. The molecule has 0 spiro atoms. The number of imidazole rings is 1. The summed E-state index contributed by atoms with van der Waals surface area (Å²) in [5.41, 5.74) is 3.74. The lowest BCUT2D eigenvalue weighted by Gasteiger charge is -2.17. The Morgan fingerprint density at radius 2 is 2.14 bits per heavy atom. The van der Waals surface area contributed by atoms with Crippen LogP contribution < -0.4 is 10.2 Å². The molecule has 7 heteroatoms. The van der Waals surface area contributed by atoms with Gasteiger partial charge in [0.15, 0.2) is 0 Å². The number of nitrogens with zero attached hydrogens (tertiary/aromatic N) is 3. The molecule has 1 aliphatic rings. The van der Waals surface area contributed by atoms with Crippen LogP contribution in [0.5, 0.6) is 0 Å². The second kappa shape index (κ2) is 8.25. The van der Waals surface area contributed by atoms with Crippen LogP contribution >= 0.6 is 11.6 Å². The molecule has 1 fully saturated rings. The number of halogens is 1. The number of hydrogen-bond donors (Lipinski definition) is 1. The largest absolute Gasteiger partial charge is 0.352 e. The summed E-state index contributed by atoms with van der Waals surface area (Å²) >= 11 is 6.02. The molecule has 29 heavy (non-hydrogen) atoms. The number of amides is 2. The summed E-state index contributed by atoms with van der Waals surface area (Å²) in [7, 11) is 0. The number of aryl methyl sites for hydroxylation is 1. The molecule has 0 bridgehead atoms. The zero-order chi connectivity index (χ0) is 20.4. The van der Waals surface area contributed by atoms with Gasteiger partial charge in [0, 0.05) is 36.8 Å². The summed E-state index contributed by atoms with van der Waals surface area (Å²) in [6, 6.07) is 13.2. The molecular formula is C22H23ClN4O2. The van der Waals surface area contributed by atoms with Gasteiger partial charge in [0.2, 0.25) is 11.8 Å². The van der Waals surface area contributed by atoms with Crippen molar-refractivity contribution in [3.05, 3.63) is 59.4 Å². The molecule has 1 N–H and O–H groups in total. The van der Waals surface area contributed by atoms with Crippen molar-refractivity contribution < 1.29 is 9.59 Å². The zero-order valence-electron chi connectivity index (χ0n) is 16.3. The number of rotatable bonds is 6. The van der Waals surface area contributed by atoms with Crippen molar-refractivity contribution >= 4 is 40.1 Å². The summed E-state index contributed by atoms with van der Waals surface area (Å²) in [4.78, 5) is 31.1. The fraction of sp³-hybridized carbons (Fsp3) is 0.318. The number of anilines is 1. The number of aromatic nitrogens is 2. The highest BCUT2D eigenvalue weighted by Gasteiger charge is 2.35. The van der Waals surface area contributed by atoms with Crippen LogP contribution in [0.1, 0.15) is 25.3 Å². The molecule has 0 aliphatic carbocycles. The van der Waals surface area contributed by atoms with E-state index in [1.807, 2.05) is 30.6 Å². The summed E-state index contributed by atoms with van der Waals surface area (Å²) in [5, 5.41) is 3.53. The molecule has 2 heterocycles. The molecule has 1 aromatic heterocycles. The van der Waals surface area contributed by atoms with E-state index >= 15 is 0 Å². The van der Waals surface area contributed by atoms with Crippen LogP contribution in [0, 0.1) is 5.92 Å². The first kappa shape index (κ1) is 19.5. The number of carbonyl (C=O) groups is 2. The monoisotopic (exact) mass is 410 g/mol. The van der Waals surface area contributed by atoms with E-state index in [0.717, 1.165) is 35.2 Å². The van der Waals surface area contributed by atoms with Crippen molar-refractivity contribution in [2.75, 3.05) is 11.4 Å². The van der Waals surface area contributed by atoms with E-state index in [4.69, 9.17) is 11.6 Å². The van der Waals surface area contributed by atoms with Gasteiger partial charge < -0.3 is 14.8 Å². The predicted molar refractivity (Wildman–Crippen MR) is 114 cm³/mol. The number of fused-ring (bicyclic) bond motifs is 1. The summed E-state index contributed by atoms with van der Waals surface area (Å²) < 4.78 is 2.13. The second-order valence-corrected chi connectivity index (χ2v) is 7.80. The Morgan fingerprint density at radius 1 is 1.28 bits per heavy atom. The van der Waals surface area contributed by atoms with Crippen molar-refractivity contribution in [2.45, 2.75) is 32.9 Å². The van der Waals surface area contributed by atoms with Gasteiger partial charge >= 0.3 is 0 Å². The molecule has 4 rings (SSSR count). The molecule has 3 aromatic rings. The van der Waals surface area contributed by atoms with Crippen LogP contribution in [0.25, 0.3) is 11.0 Å². The van der Waals surface area contributed by atoms with E-state index in [-0.39, 0.29) is 24.2 Å². The molecule has 0 radical (unpaired) electrons. The van der Waals surface area contributed by atoms with Crippen molar-refractivity contribution in [1.29, 1.82) is 0 Å². The Labute approximate surface area is 174 Å². The number of hydrogen-bond acceptors (Lipinski definition) is 3. The van der Waals surface area contributed by atoms with Crippen LogP contribution in [0.2, 0.25) is 5.02 Å². The topological polar surface area (TPSA) is 67.2 Å². The van der Waals surface area contributed by atoms with Crippen LogP contribution in [-0.4, -0.2) is 27.9 Å². The molecular weight excluding hydrogens is 388 g/mol. The zero-order valence-corrected chi connectivity index (χ0v) is 17.0. The van der Waals surface area contributed by atoms with Gasteiger partial charge in [-0.1, -0.05) is 30.7 Å². The van der Waals surface area contributed by atoms with Crippen LogP contribution in [0.15, 0.2) is 48.8 Å². The lowest BCUT2D eigenvalue weighted by Crippen LogP contribution is -2.32. The first-order valence-electron chi connectivity index (χ1n) is 9.82. The molecule has 1 saturated heterocycles. The van der Waals surface area contributed by atoms with Gasteiger partial charge in [-0.25, -0.2) is 4.98 Å². The Kier molecular flexibility index (Phi) is 5.53. The highest BCUT2D eigenvalue weighted by atomic mass is 35.5. The van der Waals surface area contributed by atoms with Crippen molar-refractivity contribution in [3.63, 3.8) is 0 Å². The van der Waals surface area contributed by atoms with Crippen LogP contribution in [-0.2, 0) is 22.7 Å². The standard InChI is InChI=1S/C22H23ClN4O2/c1-2-8-26-14-25-19-9-15(6-7-20(19)26)12-24-22(29)16-10-21(28)27(13-16)18-5-3-4-17(23)11-18/h3-7,9,11,14,16H,2,8,10,12-13H2,1H3,(H,24,29). The maximum Gasteiger partial charge on any atom is 0.227 e. The van der Waals surface area contributed by atoms with Gasteiger partial charge in [-0.05, 0) is 42.3 Å². The minimum Gasteiger partial charge on any atom is -0.352 e. The first-order chi connectivity index (χ1) is 14.0. The Morgan fingerprint density at radius 3 is 2.93 bits per heavy atom. The van der Waals surface area contributed by atoms with Gasteiger partial charge in [0.1, 0.15) is 0 Å². The van der Waals surface area contributed by atoms with Gasteiger partial charge in [0.05, 0.1) is 23.3 Å². The summed E-state index contributed by atoms with van der Waals surface area (Å²) in [6.45, 7) is 3.85. The molecule has 1 unspecified atom stereocenters. The Bertz CT molecular complexity index is 1060. The van der Waals surface area contributed by atoms with Crippen molar-refractivity contribution in [3.8, 4) is 0 Å². The number of benzene rings is 2. The third kappa shape index (κ3) is 4.12. The van der Waals surface area contributed by atoms with E-state index in [0.29, 0.717) is 18.1 Å². The predicted octanol–water partition coefficient (Wildman–Crippen LogP) is 3.77. The first-order valence-corrected chi connectivity index (χ1v) is 10.2. The van der Waals surface area contributed by atoms with E-state index in [9.17, 15) is 9.59 Å². The lowest BCUT2D eigenvalue weighted by molar-refractivity contribution is -0.126. The highest BCUT2D eigenvalue weighted by molar-refractivity contribution is 6.31. The number of nitrogens with one attached hydrogen (secondary N) is 1. The average molecular weight is 411 g/mol. The molecule has 2 amide bonds. The summed E-state index contributed by atoms with van der Waals surface area (Å²) in [5.74, 6) is -0.538. The Hall–Kier alpha value is -2.86. The van der Waals surface area contributed by atoms with E-state index < -0.39 is 0 Å². The maximum absolute atomic E-state index is 12.6. The molecule has 1 aliphatic heterocycles. The fourth-order valence-electron chi connectivity index (χ4n) is 3.75. The lowest BCUT2D eigenvalue weighted by atomic mass is 10.1.